The number of nitrogens with zero attached hydrogens (tertiary/aromatic N) is 2. The van der Waals surface area contributed by atoms with Gasteiger partial charge in [0.1, 0.15) is 0 Å². The van der Waals surface area contributed by atoms with Crippen molar-refractivity contribution in [1.29, 1.82) is 0 Å². The number of rotatable bonds is 3. The van der Waals surface area contributed by atoms with Crippen LogP contribution in [0.2, 0.25) is 0 Å². The van der Waals surface area contributed by atoms with Gasteiger partial charge in [-0.15, -0.1) is 24.0 Å². The van der Waals surface area contributed by atoms with Crippen molar-refractivity contribution in [3.8, 4) is 0 Å². The van der Waals surface area contributed by atoms with Gasteiger partial charge in [0, 0.05) is 19.6 Å². The second-order valence-electron chi connectivity index (χ2n) is 7.31. The fraction of sp³-hybridized carbons (Fsp3) is 0.941. The number of hydrogen-bond donors (Lipinski definition) is 2. The fourth-order valence-electron chi connectivity index (χ4n) is 4.42. The maximum absolute atomic E-state index is 10.5. The SMILES string of the molecule is CCNC(=NCC1(O)CCCC1)N1CC2CCCCC2C1.I. The second kappa shape index (κ2) is 8.18. The molecule has 2 saturated carbocycles. The Bertz CT molecular complexity index is 368. The lowest BCUT2D eigenvalue weighted by molar-refractivity contribution is 0.0572. The van der Waals surface area contributed by atoms with Crippen LogP contribution in [-0.2, 0) is 0 Å². The quantitative estimate of drug-likeness (QED) is 0.419. The van der Waals surface area contributed by atoms with Crippen LogP contribution < -0.4 is 5.32 Å². The lowest BCUT2D eigenvalue weighted by atomic mass is 9.82. The normalized spacial score (nSPS) is 30.8. The third kappa shape index (κ3) is 4.28. The highest BCUT2D eigenvalue weighted by molar-refractivity contribution is 14.0. The number of guanidine groups is 1. The fourth-order valence-corrected chi connectivity index (χ4v) is 4.42. The summed E-state index contributed by atoms with van der Waals surface area (Å²) in [4.78, 5) is 7.24. The standard InChI is InChI=1S/C17H31N3O.HI/c1-2-18-16(19-13-17(21)9-5-6-10-17)20-11-14-7-3-4-8-15(14)12-20;/h14-15,21H,2-13H2,1H3,(H,18,19);1H. The first kappa shape index (κ1) is 18.3. The lowest BCUT2D eigenvalue weighted by Crippen LogP contribution is -2.41. The van der Waals surface area contributed by atoms with Crippen molar-refractivity contribution in [3.63, 3.8) is 0 Å². The maximum Gasteiger partial charge on any atom is 0.194 e. The molecule has 1 aliphatic heterocycles. The minimum atomic E-state index is -0.535. The zero-order valence-corrected chi connectivity index (χ0v) is 16.2. The van der Waals surface area contributed by atoms with Gasteiger partial charge in [0.25, 0.3) is 0 Å². The molecule has 3 aliphatic rings. The van der Waals surface area contributed by atoms with E-state index in [1.807, 2.05) is 0 Å². The molecule has 3 fully saturated rings. The van der Waals surface area contributed by atoms with Gasteiger partial charge < -0.3 is 15.3 Å². The van der Waals surface area contributed by atoms with Crippen molar-refractivity contribution >= 4 is 29.9 Å². The van der Waals surface area contributed by atoms with E-state index in [0.717, 1.165) is 63.1 Å². The van der Waals surface area contributed by atoms with Crippen LogP contribution in [0.3, 0.4) is 0 Å². The summed E-state index contributed by atoms with van der Waals surface area (Å²) in [6.45, 7) is 5.93. The Labute approximate surface area is 152 Å². The molecule has 0 aromatic carbocycles. The number of likely N-dealkylation sites (tertiary alicyclic amines) is 1. The number of aliphatic imine (C=N–C) groups is 1. The van der Waals surface area contributed by atoms with Crippen LogP contribution in [0.25, 0.3) is 0 Å². The van der Waals surface area contributed by atoms with E-state index >= 15 is 0 Å². The van der Waals surface area contributed by atoms with Crippen molar-refractivity contribution in [1.82, 2.24) is 10.2 Å². The summed E-state index contributed by atoms with van der Waals surface area (Å²) in [5.74, 6) is 2.78. The number of hydrogen-bond acceptors (Lipinski definition) is 2. The summed E-state index contributed by atoms with van der Waals surface area (Å²) in [7, 11) is 0. The highest BCUT2D eigenvalue weighted by atomic mass is 127. The molecule has 0 spiro atoms. The third-order valence-corrected chi connectivity index (χ3v) is 5.67. The minimum absolute atomic E-state index is 0. The summed E-state index contributed by atoms with van der Waals surface area (Å²) in [5, 5.41) is 13.9. The molecule has 1 saturated heterocycles. The van der Waals surface area contributed by atoms with Gasteiger partial charge in [-0.2, -0.15) is 0 Å². The largest absolute Gasteiger partial charge is 0.388 e. The Hall–Kier alpha value is -0.0400. The zero-order chi connectivity index (χ0) is 14.7. The Morgan fingerprint density at radius 2 is 1.73 bits per heavy atom. The molecule has 0 bridgehead atoms. The number of nitrogens with one attached hydrogen (secondary N) is 1. The van der Waals surface area contributed by atoms with E-state index in [1.54, 1.807) is 0 Å². The van der Waals surface area contributed by atoms with E-state index in [0.29, 0.717) is 6.54 Å². The van der Waals surface area contributed by atoms with Crippen molar-refractivity contribution in [2.75, 3.05) is 26.2 Å². The molecule has 128 valence electrons. The molecule has 2 N–H and O–H groups in total. The Morgan fingerprint density at radius 1 is 1.14 bits per heavy atom. The highest BCUT2D eigenvalue weighted by Crippen LogP contribution is 2.36. The van der Waals surface area contributed by atoms with Crippen LogP contribution >= 0.6 is 24.0 Å². The molecule has 0 radical (unpaired) electrons. The van der Waals surface area contributed by atoms with E-state index < -0.39 is 5.60 Å². The van der Waals surface area contributed by atoms with Crippen LogP contribution in [-0.4, -0.2) is 47.7 Å². The molecule has 2 aliphatic carbocycles. The van der Waals surface area contributed by atoms with Gasteiger partial charge in [-0.1, -0.05) is 25.7 Å². The summed E-state index contributed by atoms with van der Waals surface area (Å²) >= 11 is 0. The second-order valence-corrected chi connectivity index (χ2v) is 7.31. The molecule has 5 heteroatoms. The molecule has 2 atom stereocenters. The van der Waals surface area contributed by atoms with Crippen LogP contribution in [0.15, 0.2) is 4.99 Å². The van der Waals surface area contributed by atoms with E-state index in [-0.39, 0.29) is 24.0 Å². The van der Waals surface area contributed by atoms with Gasteiger partial charge in [-0.3, -0.25) is 4.99 Å². The number of halogens is 1. The highest BCUT2D eigenvalue weighted by Gasteiger charge is 2.36. The van der Waals surface area contributed by atoms with Gasteiger partial charge in [0.05, 0.1) is 12.1 Å². The van der Waals surface area contributed by atoms with Crippen molar-refractivity contribution in [2.45, 2.75) is 63.9 Å². The maximum atomic E-state index is 10.5. The van der Waals surface area contributed by atoms with Gasteiger partial charge in [0.2, 0.25) is 0 Å². The van der Waals surface area contributed by atoms with Crippen LogP contribution in [0.5, 0.6) is 0 Å². The van der Waals surface area contributed by atoms with Gasteiger partial charge in [-0.05, 0) is 44.4 Å². The molecule has 2 unspecified atom stereocenters. The molecule has 0 amide bonds. The number of fused-ring (bicyclic) bond motifs is 1. The summed E-state index contributed by atoms with van der Waals surface area (Å²) in [6.07, 6.45) is 9.73. The van der Waals surface area contributed by atoms with Crippen LogP contribution in [0.1, 0.15) is 58.3 Å². The Morgan fingerprint density at radius 3 is 2.27 bits per heavy atom. The summed E-state index contributed by atoms with van der Waals surface area (Å²) < 4.78 is 0. The molecular formula is C17H32IN3O. The first-order chi connectivity index (χ1) is 10.2. The molecule has 4 nitrogen and oxygen atoms in total. The van der Waals surface area contributed by atoms with E-state index in [1.165, 1.54) is 25.7 Å². The lowest BCUT2D eigenvalue weighted by Gasteiger charge is -2.24. The smallest absolute Gasteiger partial charge is 0.194 e. The average Bonchev–Trinajstić information content (AvgIpc) is 3.10. The topological polar surface area (TPSA) is 47.9 Å². The van der Waals surface area contributed by atoms with E-state index in [2.05, 4.69) is 17.1 Å². The molecule has 3 rings (SSSR count). The Balaban J connectivity index is 0.00000176. The summed E-state index contributed by atoms with van der Waals surface area (Å²) in [5.41, 5.74) is -0.535. The predicted octanol–water partition coefficient (Wildman–Crippen LogP) is 3.00. The molecular weight excluding hydrogens is 389 g/mol. The molecule has 0 aromatic heterocycles. The van der Waals surface area contributed by atoms with Crippen molar-refractivity contribution in [3.05, 3.63) is 0 Å². The summed E-state index contributed by atoms with van der Waals surface area (Å²) in [6, 6.07) is 0. The minimum Gasteiger partial charge on any atom is -0.388 e. The predicted molar refractivity (Wildman–Crippen MR) is 102 cm³/mol. The van der Waals surface area contributed by atoms with Gasteiger partial charge in [-0.25, -0.2) is 0 Å². The Kier molecular flexibility index (Phi) is 6.80. The molecule has 0 aromatic rings. The monoisotopic (exact) mass is 421 g/mol. The van der Waals surface area contributed by atoms with E-state index in [4.69, 9.17) is 4.99 Å². The number of aliphatic hydroxyl groups is 1. The first-order valence-electron chi connectivity index (χ1n) is 8.96. The van der Waals surface area contributed by atoms with Crippen molar-refractivity contribution in [2.24, 2.45) is 16.8 Å². The van der Waals surface area contributed by atoms with Gasteiger partial charge >= 0.3 is 0 Å². The molecule has 1 heterocycles. The molecule has 22 heavy (non-hydrogen) atoms. The van der Waals surface area contributed by atoms with E-state index in [9.17, 15) is 5.11 Å². The average molecular weight is 421 g/mol. The zero-order valence-electron chi connectivity index (χ0n) is 13.9. The van der Waals surface area contributed by atoms with Crippen LogP contribution in [0.4, 0.5) is 0 Å². The van der Waals surface area contributed by atoms with Crippen LogP contribution in [0, 0.1) is 11.8 Å². The first-order valence-corrected chi connectivity index (χ1v) is 8.96. The third-order valence-electron chi connectivity index (χ3n) is 5.67. The van der Waals surface area contributed by atoms with Crippen molar-refractivity contribution < 1.29 is 5.11 Å². The van der Waals surface area contributed by atoms with Gasteiger partial charge in [0.15, 0.2) is 5.96 Å².